The van der Waals surface area contributed by atoms with Gasteiger partial charge in [0.05, 0.1) is 5.56 Å². The standard InChI is InChI=1S/C24H20F6O/c1-2-3-16-8-11-19(20(25)12-16)24(29,30)31-18-9-6-15(7-10-18)4-5-17-13-21(26)23(28)22(27)14-17/h6-14H,2-5H2,1H3. The fourth-order valence-electron chi connectivity index (χ4n) is 3.21. The van der Waals surface area contributed by atoms with Gasteiger partial charge in [0.1, 0.15) is 11.6 Å². The highest BCUT2D eigenvalue weighted by Crippen LogP contribution is 2.33. The summed E-state index contributed by atoms with van der Waals surface area (Å²) in [6.45, 7) is 1.91. The molecule has 31 heavy (non-hydrogen) atoms. The van der Waals surface area contributed by atoms with Crippen LogP contribution in [0.2, 0.25) is 0 Å². The minimum Gasteiger partial charge on any atom is -0.429 e. The Morgan fingerprint density at radius 1 is 0.677 bits per heavy atom. The number of ether oxygens (including phenoxy) is 1. The second kappa shape index (κ2) is 9.45. The maximum atomic E-state index is 14.4. The molecule has 3 rings (SSSR count). The Bertz CT molecular complexity index is 1020. The third kappa shape index (κ3) is 5.60. The van der Waals surface area contributed by atoms with Crippen LogP contribution in [0.25, 0.3) is 0 Å². The Kier molecular flexibility index (Phi) is 6.93. The summed E-state index contributed by atoms with van der Waals surface area (Å²) >= 11 is 0. The van der Waals surface area contributed by atoms with Gasteiger partial charge < -0.3 is 4.74 Å². The normalized spacial score (nSPS) is 11.6. The third-order valence-corrected chi connectivity index (χ3v) is 4.80. The molecule has 7 heteroatoms. The highest BCUT2D eigenvalue weighted by atomic mass is 19.3. The number of alkyl halides is 2. The van der Waals surface area contributed by atoms with Crippen LogP contribution in [0.5, 0.6) is 5.75 Å². The van der Waals surface area contributed by atoms with Crippen LogP contribution >= 0.6 is 0 Å². The van der Waals surface area contributed by atoms with Gasteiger partial charge in [-0.1, -0.05) is 31.5 Å². The first-order valence-electron chi connectivity index (χ1n) is 9.77. The molecule has 0 heterocycles. The van der Waals surface area contributed by atoms with E-state index in [1.165, 1.54) is 30.3 Å². The highest BCUT2D eigenvalue weighted by Gasteiger charge is 2.37. The quantitative estimate of drug-likeness (QED) is 0.269. The molecule has 1 nitrogen and oxygen atoms in total. The van der Waals surface area contributed by atoms with Crippen molar-refractivity contribution in [2.75, 3.05) is 0 Å². The molecule has 0 radical (unpaired) electrons. The summed E-state index contributed by atoms with van der Waals surface area (Å²) in [5, 5.41) is 0. The van der Waals surface area contributed by atoms with Crippen molar-refractivity contribution in [1.82, 2.24) is 0 Å². The van der Waals surface area contributed by atoms with E-state index in [9.17, 15) is 26.3 Å². The van der Waals surface area contributed by atoms with Gasteiger partial charge in [-0.2, -0.15) is 8.78 Å². The summed E-state index contributed by atoms with van der Waals surface area (Å²) in [7, 11) is 0. The molecule has 0 N–H and O–H groups in total. The monoisotopic (exact) mass is 438 g/mol. The lowest BCUT2D eigenvalue weighted by molar-refractivity contribution is -0.187. The zero-order valence-electron chi connectivity index (χ0n) is 16.7. The topological polar surface area (TPSA) is 9.23 Å². The summed E-state index contributed by atoms with van der Waals surface area (Å²) in [5.74, 6) is -5.26. The third-order valence-electron chi connectivity index (χ3n) is 4.80. The first kappa shape index (κ1) is 22.7. The SMILES string of the molecule is CCCc1ccc(C(F)(F)Oc2ccc(CCc3cc(F)c(F)c(F)c3)cc2)c(F)c1. The minimum atomic E-state index is -3.86. The van der Waals surface area contributed by atoms with E-state index >= 15 is 0 Å². The van der Waals surface area contributed by atoms with Gasteiger partial charge in [0.2, 0.25) is 0 Å². The molecule has 0 aliphatic carbocycles. The molecule has 0 atom stereocenters. The molecular weight excluding hydrogens is 418 g/mol. The molecule has 0 amide bonds. The maximum Gasteiger partial charge on any atom is 0.429 e. The number of benzene rings is 3. The molecule has 0 aliphatic rings. The summed E-state index contributed by atoms with van der Waals surface area (Å²) in [4.78, 5) is 0. The first-order valence-corrected chi connectivity index (χ1v) is 9.77. The fourth-order valence-corrected chi connectivity index (χ4v) is 3.21. The van der Waals surface area contributed by atoms with E-state index < -0.39 is 34.9 Å². The van der Waals surface area contributed by atoms with E-state index in [1.807, 2.05) is 6.92 Å². The van der Waals surface area contributed by atoms with Gasteiger partial charge in [-0.3, -0.25) is 0 Å². The fraction of sp³-hybridized carbons (Fsp3) is 0.250. The first-order chi connectivity index (χ1) is 14.7. The molecule has 0 aliphatic heterocycles. The summed E-state index contributed by atoms with van der Waals surface area (Å²) in [6, 6.07) is 11.0. The number of rotatable bonds is 8. The number of aryl methyl sites for hydroxylation is 3. The molecule has 0 spiro atoms. The number of hydrogen-bond acceptors (Lipinski definition) is 1. The molecular formula is C24H20F6O. The molecule has 0 saturated carbocycles. The van der Waals surface area contributed by atoms with Gasteiger partial charge >= 0.3 is 6.11 Å². The number of halogens is 6. The zero-order valence-corrected chi connectivity index (χ0v) is 16.7. The smallest absolute Gasteiger partial charge is 0.429 e. The maximum absolute atomic E-state index is 14.4. The van der Waals surface area contributed by atoms with Crippen molar-refractivity contribution in [3.05, 3.63) is 100 Å². The van der Waals surface area contributed by atoms with E-state index in [1.54, 1.807) is 0 Å². The van der Waals surface area contributed by atoms with Gasteiger partial charge in [-0.05, 0) is 72.4 Å². The molecule has 3 aromatic carbocycles. The van der Waals surface area contributed by atoms with Crippen molar-refractivity contribution in [3.63, 3.8) is 0 Å². The Morgan fingerprint density at radius 3 is 1.81 bits per heavy atom. The van der Waals surface area contributed by atoms with Crippen molar-refractivity contribution < 1.29 is 31.1 Å². The Balaban J connectivity index is 1.66. The molecule has 0 saturated heterocycles. The summed E-state index contributed by atoms with van der Waals surface area (Å²) in [5.41, 5.74) is 0.739. The van der Waals surface area contributed by atoms with Crippen LogP contribution in [0.15, 0.2) is 54.6 Å². The lowest BCUT2D eigenvalue weighted by atomic mass is 10.0. The van der Waals surface area contributed by atoms with Crippen molar-refractivity contribution in [1.29, 1.82) is 0 Å². The van der Waals surface area contributed by atoms with Crippen LogP contribution < -0.4 is 4.74 Å². The largest absolute Gasteiger partial charge is 0.429 e. The molecule has 3 aromatic rings. The Morgan fingerprint density at radius 2 is 1.23 bits per heavy atom. The predicted molar refractivity (Wildman–Crippen MR) is 105 cm³/mol. The lowest BCUT2D eigenvalue weighted by Gasteiger charge is -2.19. The molecule has 0 fully saturated rings. The van der Waals surface area contributed by atoms with Crippen LogP contribution in [0.1, 0.15) is 35.6 Å². The van der Waals surface area contributed by atoms with Crippen molar-refractivity contribution in [2.45, 2.75) is 38.7 Å². The van der Waals surface area contributed by atoms with E-state index in [2.05, 4.69) is 0 Å². The highest BCUT2D eigenvalue weighted by molar-refractivity contribution is 5.31. The van der Waals surface area contributed by atoms with Gasteiger partial charge in [-0.15, -0.1) is 0 Å². The van der Waals surface area contributed by atoms with Gasteiger partial charge in [0, 0.05) is 0 Å². The van der Waals surface area contributed by atoms with Crippen molar-refractivity contribution in [2.24, 2.45) is 0 Å². The van der Waals surface area contributed by atoms with Crippen LogP contribution in [-0.4, -0.2) is 0 Å². The van der Waals surface area contributed by atoms with Crippen LogP contribution in [0, 0.1) is 23.3 Å². The van der Waals surface area contributed by atoms with E-state index in [0.717, 1.165) is 30.7 Å². The molecule has 0 aromatic heterocycles. The second-order valence-corrected chi connectivity index (χ2v) is 7.20. The van der Waals surface area contributed by atoms with Gasteiger partial charge in [0.25, 0.3) is 0 Å². The zero-order chi connectivity index (χ0) is 22.6. The average Bonchev–Trinajstić information content (AvgIpc) is 2.71. The van der Waals surface area contributed by atoms with Crippen molar-refractivity contribution in [3.8, 4) is 5.75 Å². The molecule has 164 valence electrons. The summed E-state index contributed by atoms with van der Waals surface area (Å²) in [6.07, 6.45) is -1.95. The average molecular weight is 438 g/mol. The molecule has 0 unspecified atom stereocenters. The number of hydrogen-bond donors (Lipinski definition) is 0. The minimum absolute atomic E-state index is 0.162. The van der Waals surface area contributed by atoms with Crippen LogP contribution in [-0.2, 0) is 25.4 Å². The molecule has 0 bridgehead atoms. The predicted octanol–water partition coefficient (Wildman–Crippen LogP) is 7.11. The Hall–Kier alpha value is -2.96. The Labute approximate surface area is 176 Å². The van der Waals surface area contributed by atoms with E-state index in [0.29, 0.717) is 24.0 Å². The van der Waals surface area contributed by atoms with Gasteiger partial charge in [-0.25, -0.2) is 17.6 Å². The lowest BCUT2D eigenvalue weighted by Crippen LogP contribution is -2.23. The van der Waals surface area contributed by atoms with Crippen LogP contribution in [0.3, 0.4) is 0 Å². The van der Waals surface area contributed by atoms with E-state index in [4.69, 9.17) is 4.74 Å². The van der Waals surface area contributed by atoms with E-state index in [-0.39, 0.29) is 17.7 Å². The second-order valence-electron chi connectivity index (χ2n) is 7.20. The van der Waals surface area contributed by atoms with Crippen molar-refractivity contribution >= 4 is 0 Å². The summed E-state index contributed by atoms with van der Waals surface area (Å²) < 4.78 is 87.3. The van der Waals surface area contributed by atoms with Gasteiger partial charge in [0.15, 0.2) is 17.5 Å². The van der Waals surface area contributed by atoms with Crippen LogP contribution in [0.4, 0.5) is 26.3 Å².